The van der Waals surface area contributed by atoms with Gasteiger partial charge in [-0.05, 0) is 18.9 Å². The van der Waals surface area contributed by atoms with E-state index in [0.29, 0.717) is 6.61 Å². The van der Waals surface area contributed by atoms with Crippen molar-refractivity contribution in [1.29, 1.82) is 0 Å². The molecule has 1 rings (SSSR count). The maximum atomic E-state index is 11.4. The monoisotopic (exact) mass is 221 g/mol. The first-order valence-electron chi connectivity index (χ1n) is 5.69. The molecule has 0 aliphatic carbocycles. The summed E-state index contributed by atoms with van der Waals surface area (Å²) in [7, 11) is 0. The molecule has 0 aliphatic rings. The van der Waals surface area contributed by atoms with Crippen LogP contribution in [0.4, 0.5) is 4.79 Å². The molecule has 88 valence electrons. The molecule has 1 atom stereocenters. The minimum atomic E-state index is -0.343. The van der Waals surface area contributed by atoms with E-state index in [9.17, 15) is 4.79 Å². The molecule has 16 heavy (non-hydrogen) atoms. The van der Waals surface area contributed by atoms with Gasteiger partial charge in [-0.2, -0.15) is 0 Å². The molecular formula is C13H19NO2. The van der Waals surface area contributed by atoms with E-state index in [1.165, 1.54) is 0 Å². The summed E-state index contributed by atoms with van der Waals surface area (Å²) in [6, 6.07) is 9.83. The van der Waals surface area contributed by atoms with Gasteiger partial charge in [-0.3, -0.25) is 0 Å². The van der Waals surface area contributed by atoms with E-state index in [-0.39, 0.29) is 12.1 Å². The van der Waals surface area contributed by atoms with Crippen molar-refractivity contribution in [1.82, 2.24) is 5.32 Å². The number of hydrogen-bond acceptors (Lipinski definition) is 2. The second kappa shape index (κ2) is 6.88. The molecular weight excluding hydrogens is 202 g/mol. The summed E-state index contributed by atoms with van der Waals surface area (Å²) in [6.45, 7) is 4.40. The highest BCUT2D eigenvalue weighted by Gasteiger charge is 2.06. The lowest BCUT2D eigenvalue weighted by atomic mass is 10.2. The number of alkyl carbamates (subject to hydrolysis) is 1. The third-order valence-electron chi connectivity index (χ3n) is 2.30. The lowest BCUT2D eigenvalue weighted by Crippen LogP contribution is -2.32. The Hall–Kier alpha value is -1.51. The molecule has 0 aromatic heterocycles. The van der Waals surface area contributed by atoms with E-state index in [1.54, 1.807) is 0 Å². The number of benzene rings is 1. The number of amides is 1. The van der Waals surface area contributed by atoms with Crippen LogP contribution in [0.15, 0.2) is 30.3 Å². The summed E-state index contributed by atoms with van der Waals surface area (Å²) < 4.78 is 5.10. The van der Waals surface area contributed by atoms with Crippen molar-refractivity contribution < 1.29 is 9.53 Å². The zero-order valence-electron chi connectivity index (χ0n) is 9.90. The van der Waals surface area contributed by atoms with Crippen molar-refractivity contribution in [2.75, 3.05) is 0 Å². The van der Waals surface area contributed by atoms with Gasteiger partial charge in [0.1, 0.15) is 6.61 Å². The van der Waals surface area contributed by atoms with Gasteiger partial charge >= 0.3 is 6.09 Å². The van der Waals surface area contributed by atoms with Crippen LogP contribution in [0.3, 0.4) is 0 Å². The number of carbonyl (C=O) groups is 1. The van der Waals surface area contributed by atoms with Crippen molar-refractivity contribution in [3.63, 3.8) is 0 Å². The first-order chi connectivity index (χ1) is 7.72. The Morgan fingerprint density at radius 3 is 2.69 bits per heavy atom. The predicted octanol–water partition coefficient (Wildman–Crippen LogP) is 3.10. The van der Waals surface area contributed by atoms with Crippen LogP contribution in [-0.2, 0) is 11.3 Å². The van der Waals surface area contributed by atoms with Crippen LogP contribution in [0.5, 0.6) is 0 Å². The fourth-order valence-electron chi connectivity index (χ4n) is 1.47. The lowest BCUT2D eigenvalue weighted by molar-refractivity contribution is 0.136. The third-order valence-corrected chi connectivity index (χ3v) is 2.30. The SMILES string of the molecule is CCC[C@@H](C)NC(=O)OCc1ccccc1. The summed E-state index contributed by atoms with van der Waals surface area (Å²) in [4.78, 5) is 11.4. The second-order valence-corrected chi connectivity index (χ2v) is 3.90. The van der Waals surface area contributed by atoms with Gasteiger partial charge in [0.25, 0.3) is 0 Å². The van der Waals surface area contributed by atoms with Gasteiger partial charge in [0.2, 0.25) is 0 Å². The molecule has 0 unspecified atom stereocenters. The standard InChI is InChI=1S/C13H19NO2/c1-3-7-11(2)14-13(15)16-10-12-8-5-4-6-9-12/h4-6,8-9,11H,3,7,10H2,1-2H3,(H,14,15)/t11-/m1/s1. The average Bonchev–Trinajstić information content (AvgIpc) is 2.28. The van der Waals surface area contributed by atoms with E-state index in [2.05, 4.69) is 12.2 Å². The maximum absolute atomic E-state index is 11.4. The number of carbonyl (C=O) groups excluding carboxylic acids is 1. The Balaban J connectivity index is 2.25. The molecule has 0 radical (unpaired) electrons. The average molecular weight is 221 g/mol. The van der Waals surface area contributed by atoms with E-state index >= 15 is 0 Å². The van der Waals surface area contributed by atoms with Crippen molar-refractivity contribution in [3.8, 4) is 0 Å². The van der Waals surface area contributed by atoms with Crippen molar-refractivity contribution >= 4 is 6.09 Å². The van der Waals surface area contributed by atoms with E-state index in [4.69, 9.17) is 4.74 Å². The highest BCUT2D eigenvalue weighted by Crippen LogP contribution is 2.01. The number of hydrogen-bond donors (Lipinski definition) is 1. The molecule has 0 bridgehead atoms. The van der Waals surface area contributed by atoms with Crippen LogP contribution in [0, 0.1) is 0 Å². The van der Waals surface area contributed by atoms with E-state index in [1.807, 2.05) is 37.3 Å². The molecule has 0 aliphatic heterocycles. The Morgan fingerprint density at radius 2 is 2.06 bits per heavy atom. The minimum Gasteiger partial charge on any atom is -0.445 e. The van der Waals surface area contributed by atoms with Gasteiger partial charge in [0, 0.05) is 6.04 Å². The summed E-state index contributed by atoms with van der Waals surface area (Å²) >= 11 is 0. The molecule has 1 aromatic carbocycles. The second-order valence-electron chi connectivity index (χ2n) is 3.90. The molecule has 3 heteroatoms. The predicted molar refractivity (Wildman–Crippen MR) is 64.1 cm³/mol. The molecule has 0 saturated carbocycles. The number of ether oxygens (including phenoxy) is 1. The van der Waals surface area contributed by atoms with Gasteiger partial charge in [-0.1, -0.05) is 43.7 Å². The highest BCUT2D eigenvalue weighted by atomic mass is 16.5. The summed E-state index contributed by atoms with van der Waals surface area (Å²) in [5.41, 5.74) is 1.00. The van der Waals surface area contributed by atoms with Crippen molar-refractivity contribution in [3.05, 3.63) is 35.9 Å². The Kier molecular flexibility index (Phi) is 5.40. The van der Waals surface area contributed by atoms with Crippen LogP contribution in [0.25, 0.3) is 0 Å². The fraction of sp³-hybridized carbons (Fsp3) is 0.462. The van der Waals surface area contributed by atoms with Gasteiger partial charge < -0.3 is 10.1 Å². The van der Waals surface area contributed by atoms with Crippen molar-refractivity contribution in [2.24, 2.45) is 0 Å². The molecule has 0 heterocycles. The number of nitrogens with one attached hydrogen (secondary N) is 1. The Morgan fingerprint density at radius 1 is 1.38 bits per heavy atom. The highest BCUT2D eigenvalue weighted by molar-refractivity contribution is 5.67. The lowest BCUT2D eigenvalue weighted by Gasteiger charge is -2.12. The molecule has 0 saturated heterocycles. The van der Waals surface area contributed by atoms with Crippen LogP contribution < -0.4 is 5.32 Å². The normalized spacial score (nSPS) is 11.9. The third kappa shape index (κ3) is 4.82. The molecule has 0 spiro atoms. The summed E-state index contributed by atoms with van der Waals surface area (Å²) in [6.07, 6.45) is 1.69. The zero-order valence-corrected chi connectivity index (χ0v) is 9.90. The summed E-state index contributed by atoms with van der Waals surface area (Å²) in [5, 5.41) is 2.79. The van der Waals surface area contributed by atoms with E-state index < -0.39 is 0 Å². The molecule has 1 amide bonds. The van der Waals surface area contributed by atoms with Crippen LogP contribution >= 0.6 is 0 Å². The van der Waals surface area contributed by atoms with E-state index in [0.717, 1.165) is 18.4 Å². The smallest absolute Gasteiger partial charge is 0.407 e. The minimum absolute atomic E-state index is 0.174. The van der Waals surface area contributed by atoms with Crippen LogP contribution in [0.1, 0.15) is 32.3 Å². The van der Waals surface area contributed by atoms with Crippen LogP contribution in [-0.4, -0.2) is 12.1 Å². The molecule has 1 aromatic rings. The fourth-order valence-corrected chi connectivity index (χ4v) is 1.47. The Bertz CT molecular complexity index is 311. The first-order valence-corrected chi connectivity index (χ1v) is 5.69. The summed E-state index contributed by atoms with van der Waals surface area (Å²) in [5.74, 6) is 0. The largest absolute Gasteiger partial charge is 0.445 e. The quantitative estimate of drug-likeness (QED) is 0.829. The zero-order chi connectivity index (χ0) is 11.8. The topological polar surface area (TPSA) is 38.3 Å². The molecule has 0 fully saturated rings. The van der Waals surface area contributed by atoms with Gasteiger partial charge in [0.15, 0.2) is 0 Å². The first kappa shape index (κ1) is 12.6. The van der Waals surface area contributed by atoms with Gasteiger partial charge in [-0.15, -0.1) is 0 Å². The van der Waals surface area contributed by atoms with Gasteiger partial charge in [0.05, 0.1) is 0 Å². The van der Waals surface area contributed by atoms with Gasteiger partial charge in [-0.25, -0.2) is 4.79 Å². The number of rotatable bonds is 5. The maximum Gasteiger partial charge on any atom is 0.407 e. The van der Waals surface area contributed by atoms with Crippen molar-refractivity contribution in [2.45, 2.75) is 39.3 Å². The van der Waals surface area contributed by atoms with Crippen LogP contribution in [0.2, 0.25) is 0 Å². The Labute approximate surface area is 96.8 Å². The molecule has 1 N–H and O–H groups in total. The molecule has 3 nitrogen and oxygen atoms in total.